The van der Waals surface area contributed by atoms with Crippen molar-refractivity contribution in [1.29, 1.82) is 0 Å². The summed E-state index contributed by atoms with van der Waals surface area (Å²) in [6.45, 7) is 4.30. The molecule has 1 unspecified atom stereocenters. The van der Waals surface area contributed by atoms with Crippen molar-refractivity contribution < 1.29 is 5.11 Å². The quantitative estimate of drug-likeness (QED) is 0.806. The Kier molecular flexibility index (Phi) is 5.35. The molecule has 0 radical (unpaired) electrons. The highest BCUT2D eigenvalue weighted by Gasteiger charge is 2.36. The molecule has 0 saturated heterocycles. The van der Waals surface area contributed by atoms with Crippen molar-refractivity contribution in [3.05, 3.63) is 18.0 Å². The van der Waals surface area contributed by atoms with Gasteiger partial charge in [0, 0.05) is 24.5 Å². The number of hydrogen-bond donors (Lipinski definition) is 1. The van der Waals surface area contributed by atoms with Crippen molar-refractivity contribution >= 4 is 0 Å². The lowest BCUT2D eigenvalue weighted by Gasteiger charge is -2.42. The molecule has 0 bridgehead atoms. The van der Waals surface area contributed by atoms with Gasteiger partial charge in [-0.15, -0.1) is 0 Å². The summed E-state index contributed by atoms with van der Waals surface area (Å²) in [5.41, 5.74) is 1.06. The van der Waals surface area contributed by atoms with Crippen molar-refractivity contribution in [2.75, 3.05) is 14.1 Å². The van der Waals surface area contributed by atoms with E-state index in [-0.39, 0.29) is 11.6 Å². The normalized spacial score (nSPS) is 14.2. The van der Waals surface area contributed by atoms with Gasteiger partial charge in [-0.2, -0.15) is 5.10 Å². The highest BCUT2D eigenvalue weighted by atomic mass is 16.3. The van der Waals surface area contributed by atoms with E-state index in [4.69, 9.17) is 0 Å². The molecule has 18 heavy (non-hydrogen) atoms. The van der Waals surface area contributed by atoms with E-state index in [9.17, 15) is 5.11 Å². The van der Waals surface area contributed by atoms with Gasteiger partial charge in [0.1, 0.15) is 0 Å². The fraction of sp³-hybridized carbons (Fsp3) is 0.786. The predicted octanol–water partition coefficient (Wildman–Crippen LogP) is 1.83. The summed E-state index contributed by atoms with van der Waals surface area (Å²) in [5.74, 6) is 0. The Morgan fingerprint density at radius 3 is 2.39 bits per heavy atom. The van der Waals surface area contributed by atoms with Crippen LogP contribution in [0.25, 0.3) is 0 Å². The predicted molar refractivity (Wildman–Crippen MR) is 74.5 cm³/mol. The minimum absolute atomic E-state index is 0.113. The zero-order chi connectivity index (χ0) is 13.8. The van der Waals surface area contributed by atoms with Crippen LogP contribution in [0.2, 0.25) is 0 Å². The number of nitrogens with zero attached hydrogens (tertiary/aromatic N) is 3. The molecule has 0 aliphatic carbocycles. The van der Waals surface area contributed by atoms with Crippen LogP contribution in [0.3, 0.4) is 0 Å². The Bertz CT molecular complexity index is 356. The summed E-state index contributed by atoms with van der Waals surface area (Å²) in [5, 5.41) is 14.7. The Morgan fingerprint density at radius 1 is 1.39 bits per heavy atom. The zero-order valence-electron chi connectivity index (χ0n) is 12.3. The lowest BCUT2D eigenvalue weighted by atomic mass is 9.83. The number of rotatable bonds is 7. The maximum Gasteiger partial charge on any atom is 0.0727 e. The third-order valence-corrected chi connectivity index (χ3v) is 4.33. The van der Waals surface area contributed by atoms with Crippen LogP contribution in [0.4, 0.5) is 0 Å². The number of hydrogen-bond acceptors (Lipinski definition) is 3. The molecule has 0 aromatic carbocycles. The topological polar surface area (TPSA) is 41.3 Å². The molecule has 1 rings (SSSR count). The molecule has 1 aromatic heterocycles. The highest BCUT2D eigenvalue weighted by molar-refractivity contribution is 5.02. The van der Waals surface area contributed by atoms with Crippen LogP contribution < -0.4 is 0 Å². The van der Waals surface area contributed by atoms with E-state index in [1.807, 2.05) is 17.8 Å². The molecular formula is C14H27N3O. The summed E-state index contributed by atoms with van der Waals surface area (Å²) in [4.78, 5) is 2.17. The van der Waals surface area contributed by atoms with Gasteiger partial charge in [0.2, 0.25) is 0 Å². The van der Waals surface area contributed by atoms with E-state index < -0.39 is 0 Å². The van der Waals surface area contributed by atoms with Crippen LogP contribution in [-0.2, 0) is 13.5 Å². The minimum Gasteiger partial charge on any atom is -0.391 e. The first-order valence-electron chi connectivity index (χ1n) is 6.80. The number of aromatic nitrogens is 2. The van der Waals surface area contributed by atoms with Crippen molar-refractivity contribution in [3.63, 3.8) is 0 Å². The lowest BCUT2D eigenvalue weighted by molar-refractivity contribution is -0.0175. The van der Waals surface area contributed by atoms with Crippen LogP contribution in [0, 0.1) is 0 Å². The van der Waals surface area contributed by atoms with Crippen molar-refractivity contribution in [2.45, 2.75) is 51.2 Å². The van der Waals surface area contributed by atoms with Gasteiger partial charge in [-0.25, -0.2) is 0 Å². The van der Waals surface area contributed by atoms with Gasteiger partial charge in [-0.05, 0) is 45.8 Å². The Morgan fingerprint density at radius 2 is 2.00 bits per heavy atom. The number of aliphatic hydroxyl groups is 1. The molecule has 1 atom stereocenters. The maximum absolute atomic E-state index is 10.5. The SMILES string of the molecule is CCC(CC)(C(O)CCc1ccnn1C)N(C)C. The number of likely N-dealkylation sites (N-methyl/N-ethyl adjacent to an activating group) is 1. The second kappa shape index (κ2) is 6.34. The molecule has 4 nitrogen and oxygen atoms in total. The van der Waals surface area contributed by atoms with Crippen LogP contribution in [0.1, 0.15) is 38.8 Å². The first-order chi connectivity index (χ1) is 8.47. The van der Waals surface area contributed by atoms with Crippen molar-refractivity contribution in [3.8, 4) is 0 Å². The van der Waals surface area contributed by atoms with E-state index in [2.05, 4.69) is 37.9 Å². The third-order valence-electron chi connectivity index (χ3n) is 4.33. The number of aryl methyl sites for hydroxylation is 2. The molecule has 1 aromatic rings. The third kappa shape index (κ3) is 2.93. The average molecular weight is 253 g/mol. The summed E-state index contributed by atoms with van der Waals surface area (Å²) < 4.78 is 1.88. The van der Waals surface area contributed by atoms with Gasteiger partial charge >= 0.3 is 0 Å². The summed E-state index contributed by atoms with van der Waals surface area (Å²) in [6.07, 6.45) is 5.07. The van der Waals surface area contributed by atoms with E-state index >= 15 is 0 Å². The van der Waals surface area contributed by atoms with Gasteiger partial charge in [-0.3, -0.25) is 4.68 Å². The zero-order valence-corrected chi connectivity index (χ0v) is 12.3. The first kappa shape index (κ1) is 15.2. The van der Waals surface area contributed by atoms with Crippen LogP contribution >= 0.6 is 0 Å². The van der Waals surface area contributed by atoms with Gasteiger partial charge < -0.3 is 10.0 Å². The molecule has 0 saturated carbocycles. The van der Waals surface area contributed by atoms with E-state index in [0.29, 0.717) is 0 Å². The fourth-order valence-corrected chi connectivity index (χ4v) is 2.85. The standard InChI is InChI=1S/C14H27N3O/c1-6-14(7-2,16(3)4)13(18)9-8-12-10-11-15-17(12)5/h10-11,13,18H,6-9H2,1-5H3. The molecule has 1 N–H and O–H groups in total. The van der Waals surface area contributed by atoms with E-state index in [1.54, 1.807) is 6.20 Å². The monoisotopic (exact) mass is 253 g/mol. The van der Waals surface area contributed by atoms with Crippen LogP contribution in [0.5, 0.6) is 0 Å². The second-order valence-corrected chi connectivity index (χ2v) is 5.21. The van der Waals surface area contributed by atoms with Gasteiger partial charge in [0.05, 0.1) is 6.10 Å². The van der Waals surface area contributed by atoms with Gasteiger partial charge in [0.25, 0.3) is 0 Å². The Hall–Kier alpha value is -0.870. The molecule has 0 spiro atoms. The second-order valence-electron chi connectivity index (χ2n) is 5.21. The number of aliphatic hydroxyl groups excluding tert-OH is 1. The average Bonchev–Trinajstić information content (AvgIpc) is 2.74. The molecule has 1 heterocycles. The fourth-order valence-electron chi connectivity index (χ4n) is 2.85. The molecule has 4 heteroatoms. The Balaban J connectivity index is 2.68. The minimum atomic E-state index is -0.308. The highest BCUT2D eigenvalue weighted by Crippen LogP contribution is 2.28. The smallest absolute Gasteiger partial charge is 0.0727 e. The van der Waals surface area contributed by atoms with E-state index in [0.717, 1.165) is 25.7 Å². The summed E-state index contributed by atoms with van der Waals surface area (Å²) >= 11 is 0. The largest absolute Gasteiger partial charge is 0.391 e. The Labute approximate surface area is 111 Å². The van der Waals surface area contributed by atoms with E-state index in [1.165, 1.54) is 5.69 Å². The maximum atomic E-state index is 10.5. The van der Waals surface area contributed by atoms with Crippen molar-refractivity contribution in [1.82, 2.24) is 14.7 Å². The van der Waals surface area contributed by atoms with Gasteiger partial charge in [0.15, 0.2) is 0 Å². The first-order valence-corrected chi connectivity index (χ1v) is 6.80. The lowest BCUT2D eigenvalue weighted by Crippen LogP contribution is -2.53. The molecule has 104 valence electrons. The summed E-state index contributed by atoms with van der Waals surface area (Å²) in [6, 6.07) is 2.02. The molecule has 0 aliphatic rings. The summed E-state index contributed by atoms with van der Waals surface area (Å²) in [7, 11) is 6.06. The van der Waals surface area contributed by atoms with Crippen LogP contribution in [0.15, 0.2) is 12.3 Å². The molecular weight excluding hydrogens is 226 g/mol. The molecule has 0 amide bonds. The molecule has 0 fully saturated rings. The van der Waals surface area contributed by atoms with Crippen molar-refractivity contribution in [2.24, 2.45) is 7.05 Å². The molecule has 0 aliphatic heterocycles. The van der Waals surface area contributed by atoms with Gasteiger partial charge in [-0.1, -0.05) is 13.8 Å². The van der Waals surface area contributed by atoms with Crippen LogP contribution in [-0.4, -0.2) is 45.5 Å².